The van der Waals surface area contributed by atoms with Gasteiger partial charge in [-0.25, -0.2) is 0 Å². The van der Waals surface area contributed by atoms with Gasteiger partial charge in [0.15, 0.2) is 0 Å². The molecule has 0 radical (unpaired) electrons. The largest absolute Gasteiger partial charge is 0.342 e. The predicted octanol–water partition coefficient (Wildman–Crippen LogP) is 3.20. The molecule has 0 unspecified atom stereocenters. The molecule has 1 aliphatic heterocycles. The van der Waals surface area contributed by atoms with E-state index in [0.29, 0.717) is 5.91 Å². The molecule has 0 aromatic rings. The third-order valence-electron chi connectivity index (χ3n) is 3.73. The Kier molecular flexibility index (Phi) is 5.10. The normalized spacial score (nSPS) is 18.3. The van der Waals surface area contributed by atoms with E-state index < -0.39 is 0 Å². The summed E-state index contributed by atoms with van der Waals surface area (Å²) in [6.07, 6.45) is 5.29. The van der Waals surface area contributed by atoms with Crippen molar-refractivity contribution in [2.45, 2.75) is 46.0 Å². The van der Waals surface area contributed by atoms with Crippen molar-refractivity contribution < 1.29 is 4.79 Å². The molecule has 15 heavy (non-hydrogen) atoms. The van der Waals surface area contributed by atoms with Crippen LogP contribution in [0.2, 0.25) is 0 Å². The Bertz CT molecular complexity index is 205. The monoisotopic (exact) mass is 275 g/mol. The Morgan fingerprint density at radius 1 is 1.33 bits per heavy atom. The molecule has 1 rings (SSSR count). The van der Waals surface area contributed by atoms with E-state index in [2.05, 4.69) is 34.7 Å². The maximum absolute atomic E-state index is 11.7. The van der Waals surface area contributed by atoms with Crippen LogP contribution < -0.4 is 0 Å². The number of piperidine rings is 1. The molecule has 0 spiro atoms. The van der Waals surface area contributed by atoms with Crippen molar-refractivity contribution in [2.24, 2.45) is 5.41 Å². The molecule has 0 saturated carbocycles. The van der Waals surface area contributed by atoms with Crippen molar-refractivity contribution in [3.8, 4) is 0 Å². The van der Waals surface area contributed by atoms with Gasteiger partial charge in [-0.2, -0.15) is 0 Å². The van der Waals surface area contributed by atoms with E-state index in [4.69, 9.17) is 0 Å². The lowest BCUT2D eigenvalue weighted by molar-refractivity contribution is -0.134. The average Bonchev–Trinajstić information content (AvgIpc) is 2.29. The van der Waals surface area contributed by atoms with E-state index in [1.807, 2.05) is 0 Å². The van der Waals surface area contributed by atoms with Gasteiger partial charge < -0.3 is 4.90 Å². The highest BCUT2D eigenvalue weighted by Crippen LogP contribution is 2.31. The van der Waals surface area contributed by atoms with Crippen molar-refractivity contribution in [3.63, 3.8) is 0 Å². The first-order valence-corrected chi connectivity index (χ1v) is 7.13. The molecule has 1 saturated heterocycles. The fourth-order valence-corrected chi connectivity index (χ4v) is 3.11. The minimum atomic E-state index is 0.285. The molecule has 0 bridgehead atoms. The molecule has 88 valence electrons. The quantitative estimate of drug-likeness (QED) is 0.706. The molecule has 0 aliphatic carbocycles. The number of hydrogen-bond donors (Lipinski definition) is 0. The van der Waals surface area contributed by atoms with Gasteiger partial charge in [0, 0.05) is 24.8 Å². The number of nitrogens with zero attached hydrogens (tertiary/aromatic N) is 1. The van der Waals surface area contributed by atoms with Crippen molar-refractivity contribution in [1.29, 1.82) is 0 Å². The third-order valence-corrected chi connectivity index (χ3v) is 4.92. The molecule has 2 nitrogen and oxygen atoms in total. The van der Waals surface area contributed by atoms with E-state index >= 15 is 0 Å². The number of carbonyl (C=O) groups excluding carboxylic acids is 1. The van der Waals surface area contributed by atoms with E-state index in [0.717, 1.165) is 44.1 Å². The molecule has 0 N–H and O–H groups in total. The van der Waals surface area contributed by atoms with Gasteiger partial charge in [-0.05, 0) is 31.1 Å². The lowest BCUT2D eigenvalue weighted by atomic mass is 9.83. The molecule has 1 amide bonds. The van der Waals surface area contributed by atoms with Crippen LogP contribution in [0.4, 0.5) is 0 Å². The van der Waals surface area contributed by atoms with Crippen molar-refractivity contribution >= 4 is 21.8 Å². The SMILES string of the molecule is CCC(CC)(CBr)CN1CCCCC1=O. The smallest absolute Gasteiger partial charge is 0.222 e. The van der Waals surface area contributed by atoms with Crippen LogP contribution in [0.3, 0.4) is 0 Å². The van der Waals surface area contributed by atoms with Gasteiger partial charge in [-0.3, -0.25) is 4.79 Å². The van der Waals surface area contributed by atoms with Crippen LogP contribution in [-0.4, -0.2) is 29.2 Å². The van der Waals surface area contributed by atoms with Crippen molar-refractivity contribution in [1.82, 2.24) is 4.90 Å². The van der Waals surface area contributed by atoms with Crippen LogP contribution in [0.5, 0.6) is 0 Å². The maximum Gasteiger partial charge on any atom is 0.222 e. The highest BCUT2D eigenvalue weighted by atomic mass is 79.9. The maximum atomic E-state index is 11.7. The number of alkyl halides is 1. The molecule has 1 fully saturated rings. The summed E-state index contributed by atoms with van der Waals surface area (Å²) in [5.41, 5.74) is 0.285. The summed E-state index contributed by atoms with van der Waals surface area (Å²) in [7, 11) is 0. The van der Waals surface area contributed by atoms with E-state index in [-0.39, 0.29) is 5.41 Å². The Hall–Kier alpha value is -0.0500. The molecule has 1 aliphatic rings. The van der Waals surface area contributed by atoms with Crippen LogP contribution in [0.25, 0.3) is 0 Å². The summed E-state index contributed by atoms with van der Waals surface area (Å²) in [6.45, 7) is 6.34. The zero-order chi connectivity index (χ0) is 11.3. The molecule has 3 heteroatoms. The van der Waals surface area contributed by atoms with Crippen molar-refractivity contribution in [2.75, 3.05) is 18.4 Å². The molecule has 1 heterocycles. The topological polar surface area (TPSA) is 20.3 Å². The Morgan fingerprint density at radius 2 is 2.00 bits per heavy atom. The van der Waals surface area contributed by atoms with E-state index in [1.165, 1.54) is 6.42 Å². The molecular formula is C12H22BrNO. The highest BCUT2D eigenvalue weighted by Gasteiger charge is 2.30. The van der Waals surface area contributed by atoms with E-state index in [1.54, 1.807) is 0 Å². The van der Waals surface area contributed by atoms with Gasteiger partial charge in [0.1, 0.15) is 0 Å². The Balaban J connectivity index is 2.60. The van der Waals surface area contributed by atoms with Crippen molar-refractivity contribution in [3.05, 3.63) is 0 Å². The number of rotatable bonds is 5. The summed E-state index contributed by atoms with van der Waals surface area (Å²) in [4.78, 5) is 13.8. The second kappa shape index (κ2) is 5.88. The summed E-state index contributed by atoms with van der Waals surface area (Å²) in [5, 5.41) is 0.997. The Morgan fingerprint density at radius 3 is 2.47 bits per heavy atom. The summed E-state index contributed by atoms with van der Waals surface area (Å²) < 4.78 is 0. The lowest BCUT2D eigenvalue weighted by Gasteiger charge is -2.37. The number of carbonyl (C=O) groups is 1. The fraction of sp³-hybridized carbons (Fsp3) is 0.917. The zero-order valence-electron chi connectivity index (χ0n) is 9.89. The van der Waals surface area contributed by atoms with Crippen LogP contribution >= 0.6 is 15.9 Å². The summed E-state index contributed by atoms with van der Waals surface area (Å²) in [5.74, 6) is 0.355. The molecule has 0 aromatic heterocycles. The Labute approximate surface area is 102 Å². The molecular weight excluding hydrogens is 254 g/mol. The first-order valence-electron chi connectivity index (χ1n) is 6.01. The number of hydrogen-bond acceptors (Lipinski definition) is 1. The predicted molar refractivity (Wildman–Crippen MR) is 67.2 cm³/mol. The van der Waals surface area contributed by atoms with Gasteiger partial charge in [0.25, 0.3) is 0 Å². The second-order valence-electron chi connectivity index (χ2n) is 4.61. The second-order valence-corrected chi connectivity index (χ2v) is 5.17. The first-order chi connectivity index (χ1) is 7.17. The van der Waals surface area contributed by atoms with Gasteiger partial charge >= 0.3 is 0 Å². The van der Waals surface area contributed by atoms with Gasteiger partial charge in [-0.15, -0.1) is 0 Å². The van der Waals surface area contributed by atoms with E-state index in [9.17, 15) is 4.79 Å². The van der Waals surface area contributed by atoms with Gasteiger partial charge in [0.2, 0.25) is 5.91 Å². The van der Waals surface area contributed by atoms with Crippen LogP contribution in [0, 0.1) is 5.41 Å². The lowest BCUT2D eigenvalue weighted by Crippen LogP contribution is -2.44. The van der Waals surface area contributed by atoms with Crippen LogP contribution in [0.15, 0.2) is 0 Å². The van der Waals surface area contributed by atoms with Crippen LogP contribution in [0.1, 0.15) is 46.0 Å². The minimum absolute atomic E-state index is 0.285. The number of likely N-dealkylation sites (tertiary alicyclic amines) is 1. The fourth-order valence-electron chi connectivity index (χ4n) is 2.14. The average molecular weight is 276 g/mol. The minimum Gasteiger partial charge on any atom is -0.342 e. The highest BCUT2D eigenvalue weighted by molar-refractivity contribution is 9.09. The molecule has 0 atom stereocenters. The van der Waals surface area contributed by atoms with Crippen LogP contribution in [-0.2, 0) is 4.79 Å². The summed E-state index contributed by atoms with van der Waals surface area (Å²) >= 11 is 3.60. The van der Waals surface area contributed by atoms with Gasteiger partial charge in [-0.1, -0.05) is 29.8 Å². The summed E-state index contributed by atoms with van der Waals surface area (Å²) in [6, 6.07) is 0. The zero-order valence-corrected chi connectivity index (χ0v) is 11.5. The molecule has 0 aromatic carbocycles. The third kappa shape index (κ3) is 3.20. The van der Waals surface area contributed by atoms with Gasteiger partial charge in [0.05, 0.1) is 0 Å². The number of halogens is 1. The first kappa shape index (κ1) is 13.0. The number of amides is 1. The standard InChI is InChI=1S/C12H22BrNO/c1-3-12(4-2,9-13)10-14-8-6-5-7-11(14)15/h3-10H2,1-2H3.